The molecule has 1 aromatic carbocycles. The first kappa shape index (κ1) is 11.1. The number of aliphatic hydroxyl groups is 1. The maximum atomic E-state index is 8.89. The summed E-state index contributed by atoms with van der Waals surface area (Å²) in [6.45, 7) is 2.18. The van der Waals surface area contributed by atoms with Crippen molar-refractivity contribution in [2.24, 2.45) is 0 Å². The molecule has 1 rings (SSSR count). The highest BCUT2D eigenvalue weighted by atomic mass is 32.2. The number of aryl methyl sites for hydroxylation is 1. The molecule has 0 aromatic heterocycles. The summed E-state index contributed by atoms with van der Waals surface area (Å²) in [5, 5.41) is 17.5. The predicted molar refractivity (Wildman–Crippen MR) is 58.3 cm³/mol. The molecular weight excluding hydrogens is 194 g/mol. The van der Waals surface area contributed by atoms with Crippen molar-refractivity contribution in [1.82, 2.24) is 0 Å². The summed E-state index contributed by atoms with van der Waals surface area (Å²) in [5.41, 5.74) is 1.83. The Hall–Kier alpha value is -0.980. The Kier molecular flexibility index (Phi) is 4.51. The zero-order chi connectivity index (χ0) is 10.4. The molecule has 0 amide bonds. The molecule has 0 fully saturated rings. The molecule has 3 heteroatoms. The summed E-state index contributed by atoms with van der Waals surface area (Å²) in [6.07, 6.45) is 0.767. The Morgan fingerprint density at radius 1 is 1.50 bits per heavy atom. The molecule has 0 unspecified atom stereocenters. The van der Waals surface area contributed by atoms with Crippen LogP contribution in [-0.2, 0) is 0 Å². The predicted octanol–water partition coefficient (Wildman–Crippen LogP) is 2.34. The van der Waals surface area contributed by atoms with Crippen molar-refractivity contribution in [2.45, 2.75) is 18.2 Å². The summed E-state index contributed by atoms with van der Waals surface area (Å²) in [4.78, 5) is 1.01. The standard InChI is InChI=1S/C11H13NOS/c1-9-3-4-11(10(7-9)8-12)14-6-2-5-13/h3-4,7,13H,2,5-6H2,1H3. The molecule has 14 heavy (non-hydrogen) atoms. The van der Waals surface area contributed by atoms with Crippen molar-refractivity contribution in [1.29, 1.82) is 5.26 Å². The van der Waals surface area contributed by atoms with Crippen LogP contribution in [0.2, 0.25) is 0 Å². The van der Waals surface area contributed by atoms with E-state index in [1.165, 1.54) is 0 Å². The number of nitrogens with zero attached hydrogens (tertiary/aromatic N) is 1. The van der Waals surface area contributed by atoms with E-state index >= 15 is 0 Å². The Morgan fingerprint density at radius 2 is 2.29 bits per heavy atom. The molecule has 2 nitrogen and oxygen atoms in total. The minimum Gasteiger partial charge on any atom is -0.396 e. The molecule has 74 valence electrons. The van der Waals surface area contributed by atoms with E-state index in [2.05, 4.69) is 6.07 Å². The molecular formula is C11H13NOS. The maximum absolute atomic E-state index is 8.89. The van der Waals surface area contributed by atoms with E-state index in [1.54, 1.807) is 11.8 Å². The van der Waals surface area contributed by atoms with E-state index in [0.29, 0.717) is 0 Å². The van der Waals surface area contributed by atoms with Gasteiger partial charge in [-0.2, -0.15) is 5.26 Å². The van der Waals surface area contributed by atoms with Crippen LogP contribution in [0.1, 0.15) is 17.5 Å². The van der Waals surface area contributed by atoms with E-state index in [1.807, 2.05) is 25.1 Å². The number of nitriles is 1. The second kappa shape index (κ2) is 5.69. The third-order valence-corrected chi connectivity index (χ3v) is 2.98. The molecule has 0 heterocycles. The summed E-state index contributed by atoms with van der Waals surface area (Å²) < 4.78 is 0. The van der Waals surface area contributed by atoms with E-state index in [0.717, 1.165) is 28.2 Å². The Morgan fingerprint density at radius 3 is 2.93 bits per heavy atom. The molecule has 0 spiro atoms. The summed E-state index contributed by atoms with van der Waals surface area (Å²) in [6, 6.07) is 8.04. The van der Waals surface area contributed by atoms with Crippen molar-refractivity contribution in [3.8, 4) is 6.07 Å². The summed E-state index contributed by atoms with van der Waals surface area (Å²) >= 11 is 1.62. The number of rotatable bonds is 4. The van der Waals surface area contributed by atoms with Crippen LogP contribution < -0.4 is 0 Å². The quantitative estimate of drug-likeness (QED) is 0.609. The number of hydrogen-bond donors (Lipinski definition) is 1. The largest absolute Gasteiger partial charge is 0.396 e. The average molecular weight is 207 g/mol. The monoisotopic (exact) mass is 207 g/mol. The van der Waals surface area contributed by atoms with Gasteiger partial charge < -0.3 is 5.11 Å². The van der Waals surface area contributed by atoms with Gasteiger partial charge in [0, 0.05) is 17.3 Å². The van der Waals surface area contributed by atoms with E-state index in [4.69, 9.17) is 10.4 Å². The normalized spacial score (nSPS) is 9.79. The Bertz CT molecular complexity index is 344. The SMILES string of the molecule is Cc1ccc(SCCCO)c(C#N)c1. The van der Waals surface area contributed by atoms with Crippen LogP contribution in [0.5, 0.6) is 0 Å². The molecule has 0 atom stereocenters. The smallest absolute Gasteiger partial charge is 0.100 e. The van der Waals surface area contributed by atoms with E-state index < -0.39 is 0 Å². The number of benzene rings is 1. The molecule has 0 saturated carbocycles. The lowest BCUT2D eigenvalue weighted by Gasteiger charge is -2.03. The van der Waals surface area contributed by atoms with Crippen molar-refractivity contribution in [3.63, 3.8) is 0 Å². The lowest BCUT2D eigenvalue weighted by Crippen LogP contribution is -1.88. The van der Waals surface area contributed by atoms with Gasteiger partial charge in [-0.1, -0.05) is 6.07 Å². The molecule has 0 aliphatic rings. The van der Waals surface area contributed by atoms with Crippen molar-refractivity contribution in [3.05, 3.63) is 29.3 Å². The first-order valence-electron chi connectivity index (χ1n) is 4.52. The van der Waals surface area contributed by atoms with Gasteiger partial charge in [0.25, 0.3) is 0 Å². The van der Waals surface area contributed by atoms with Crippen molar-refractivity contribution < 1.29 is 5.11 Å². The Labute approximate surface area is 88.6 Å². The third kappa shape index (κ3) is 3.06. The topological polar surface area (TPSA) is 44.0 Å². The number of hydrogen-bond acceptors (Lipinski definition) is 3. The lowest BCUT2D eigenvalue weighted by atomic mass is 10.2. The first-order valence-corrected chi connectivity index (χ1v) is 5.51. The number of aliphatic hydroxyl groups excluding tert-OH is 1. The van der Waals surface area contributed by atoms with Crippen LogP contribution >= 0.6 is 11.8 Å². The van der Waals surface area contributed by atoms with E-state index in [9.17, 15) is 0 Å². The fraction of sp³-hybridized carbons (Fsp3) is 0.364. The van der Waals surface area contributed by atoms with Crippen LogP contribution in [0.3, 0.4) is 0 Å². The van der Waals surface area contributed by atoms with Gasteiger partial charge >= 0.3 is 0 Å². The molecule has 0 aliphatic heterocycles. The minimum atomic E-state index is 0.209. The van der Waals surface area contributed by atoms with Gasteiger partial charge in [-0.3, -0.25) is 0 Å². The third-order valence-electron chi connectivity index (χ3n) is 1.82. The molecule has 0 aliphatic carbocycles. The van der Waals surface area contributed by atoms with Crippen LogP contribution in [0.15, 0.2) is 23.1 Å². The summed E-state index contributed by atoms with van der Waals surface area (Å²) in [5.74, 6) is 0.855. The molecule has 0 bridgehead atoms. The van der Waals surface area contributed by atoms with Crippen LogP contribution in [0.4, 0.5) is 0 Å². The maximum Gasteiger partial charge on any atom is 0.100 e. The fourth-order valence-electron chi connectivity index (χ4n) is 1.10. The van der Waals surface area contributed by atoms with Crippen molar-refractivity contribution in [2.75, 3.05) is 12.4 Å². The highest BCUT2D eigenvalue weighted by Crippen LogP contribution is 2.23. The highest BCUT2D eigenvalue weighted by molar-refractivity contribution is 7.99. The van der Waals surface area contributed by atoms with Gasteiger partial charge in [-0.05, 0) is 31.0 Å². The lowest BCUT2D eigenvalue weighted by molar-refractivity contribution is 0.296. The molecule has 1 N–H and O–H groups in total. The van der Waals surface area contributed by atoms with Crippen LogP contribution in [0, 0.1) is 18.3 Å². The summed E-state index contributed by atoms with van der Waals surface area (Å²) in [7, 11) is 0. The highest BCUT2D eigenvalue weighted by Gasteiger charge is 2.01. The zero-order valence-electron chi connectivity index (χ0n) is 8.16. The van der Waals surface area contributed by atoms with Gasteiger partial charge in [0.1, 0.15) is 6.07 Å². The number of thioether (sulfide) groups is 1. The van der Waals surface area contributed by atoms with E-state index in [-0.39, 0.29) is 6.61 Å². The van der Waals surface area contributed by atoms with Gasteiger partial charge in [0.05, 0.1) is 5.56 Å². The molecule has 0 radical (unpaired) electrons. The second-order valence-electron chi connectivity index (χ2n) is 3.04. The minimum absolute atomic E-state index is 0.209. The molecule has 1 aromatic rings. The van der Waals surface area contributed by atoms with Crippen LogP contribution in [0.25, 0.3) is 0 Å². The average Bonchev–Trinajstić information content (AvgIpc) is 2.20. The van der Waals surface area contributed by atoms with Gasteiger partial charge in [-0.15, -0.1) is 11.8 Å². The van der Waals surface area contributed by atoms with Gasteiger partial charge in [0.15, 0.2) is 0 Å². The first-order chi connectivity index (χ1) is 6.77. The zero-order valence-corrected chi connectivity index (χ0v) is 8.97. The fourth-order valence-corrected chi connectivity index (χ4v) is 2.02. The second-order valence-corrected chi connectivity index (χ2v) is 4.17. The Balaban J connectivity index is 2.72. The van der Waals surface area contributed by atoms with Gasteiger partial charge in [-0.25, -0.2) is 0 Å². The van der Waals surface area contributed by atoms with Crippen molar-refractivity contribution >= 4 is 11.8 Å². The van der Waals surface area contributed by atoms with Gasteiger partial charge in [0.2, 0.25) is 0 Å². The van der Waals surface area contributed by atoms with Crippen LogP contribution in [-0.4, -0.2) is 17.5 Å². The molecule has 0 saturated heterocycles.